The van der Waals surface area contributed by atoms with Crippen LogP contribution in [-0.2, 0) is 4.79 Å². The number of carbonyl (C=O) groups is 1. The minimum atomic E-state index is -0.0262. The van der Waals surface area contributed by atoms with Crippen LogP contribution >= 0.6 is 11.8 Å². The number of carbonyl (C=O) groups excluding carboxylic acids is 1. The standard InChI is InChI=1S/C15H22N2OS/c1-10-14(16-3)8-9-15(10)19-13-6-4-12(5-7-13)17-11(2)18/h4-7,10,14-16H,8-9H2,1-3H3,(H,17,18). The summed E-state index contributed by atoms with van der Waals surface area (Å²) in [7, 11) is 2.05. The van der Waals surface area contributed by atoms with Gasteiger partial charge in [0.1, 0.15) is 0 Å². The van der Waals surface area contributed by atoms with E-state index in [0.717, 1.165) is 5.69 Å². The Morgan fingerprint density at radius 3 is 2.47 bits per heavy atom. The fourth-order valence-electron chi connectivity index (χ4n) is 2.70. The van der Waals surface area contributed by atoms with E-state index in [1.807, 2.05) is 23.9 Å². The molecule has 1 aliphatic rings. The third-order valence-corrected chi connectivity index (χ3v) is 5.33. The number of nitrogens with one attached hydrogen (secondary N) is 2. The second-order valence-electron chi connectivity index (χ2n) is 5.19. The average Bonchev–Trinajstić information content (AvgIpc) is 2.72. The molecule has 3 nitrogen and oxygen atoms in total. The molecule has 4 heteroatoms. The van der Waals surface area contributed by atoms with Crippen LogP contribution in [0.2, 0.25) is 0 Å². The van der Waals surface area contributed by atoms with Gasteiger partial charge in [0.05, 0.1) is 0 Å². The molecule has 19 heavy (non-hydrogen) atoms. The fraction of sp³-hybridized carbons (Fsp3) is 0.533. The van der Waals surface area contributed by atoms with Crippen LogP contribution in [0.15, 0.2) is 29.2 Å². The van der Waals surface area contributed by atoms with Crippen molar-refractivity contribution in [2.75, 3.05) is 12.4 Å². The van der Waals surface area contributed by atoms with E-state index in [1.165, 1.54) is 24.7 Å². The summed E-state index contributed by atoms with van der Waals surface area (Å²) in [6.07, 6.45) is 2.53. The molecule has 104 valence electrons. The Morgan fingerprint density at radius 1 is 1.26 bits per heavy atom. The van der Waals surface area contributed by atoms with Crippen LogP contribution < -0.4 is 10.6 Å². The molecule has 3 atom stereocenters. The van der Waals surface area contributed by atoms with Crippen molar-refractivity contribution in [1.82, 2.24) is 5.32 Å². The average molecular weight is 278 g/mol. The first kappa shape index (κ1) is 14.4. The van der Waals surface area contributed by atoms with Gasteiger partial charge in [-0.05, 0) is 50.1 Å². The number of hydrogen-bond acceptors (Lipinski definition) is 3. The number of anilines is 1. The van der Waals surface area contributed by atoms with Crippen molar-refractivity contribution < 1.29 is 4.79 Å². The summed E-state index contributed by atoms with van der Waals surface area (Å²) >= 11 is 1.95. The van der Waals surface area contributed by atoms with Crippen LogP contribution in [0.4, 0.5) is 5.69 Å². The maximum absolute atomic E-state index is 11.0. The summed E-state index contributed by atoms with van der Waals surface area (Å²) in [6, 6.07) is 8.78. The van der Waals surface area contributed by atoms with Gasteiger partial charge < -0.3 is 10.6 Å². The molecular formula is C15H22N2OS. The molecule has 1 saturated carbocycles. The Labute approximate surface area is 119 Å². The SMILES string of the molecule is CNC1CCC(Sc2ccc(NC(C)=O)cc2)C1C. The summed E-state index contributed by atoms with van der Waals surface area (Å²) in [6.45, 7) is 3.86. The first-order valence-corrected chi connectivity index (χ1v) is 7.69. The zero-order chi connectivity index (χ0) is 13.8. The Hall–Kier alpha value is -1.00. The van der Waals surface area contributed by atoms with Gasteiger partial charge in [-0.15, -0.1) is 11.8 Å². The van der Waals surface area contributed by atoms with E-state index < -0.39 is 0 Å². The molecule has 0 aromatic heterocycles. The van der Waals surface area contributed by atoms with E-state index in [4.69, 9.17) is 0 Å². The minimum absolute atomic E-state index is 0.0262. The van der Waals surface area contributed by atoms with E-state index in [9.17, 15) is 4.79 Å². The lowest BCUT2D eigenvalue weighted by Gasteiger charge is -2.20. The van der Waals surface area contributed by atoms with Gasteiger partial charge in [0.2, 0.25) is 5.91 Å². The summed E-state index contributed by atoms with van der Waals surface area (Å²) in [5, 5.41) is 6.88. The van der Waals surface area contributed by atoms with Crippen LogP contribution in [0, 0.1) is 5.92 Å². The van der Waals surface area contributed by atoms with Crippen molar-refractivity contribution in [1.29, 1.82) is 0 Å². The van der Waals surface area contributed by atoms with Crippen molar-refractivity contribution in [2.45, 2.75) is 42.9 Å². The highest BCUT2D eigenvalue weighted by Gasteiger charge is 2.32. The van der Waals surface area contributed by atoms with Gasteiger partial charge in [-0.1, -0.05) is 6.92 Å². The molecule has 1 aromatic carbocycles. The summed E-state index contributed by atoms with van der Waals surface area (Å²) < 4.78 is 0. The number of thioether (sulfide) groups is 1. The lowest BCUT2D eigenvalue weighted by molar-refractivity contribution is -0.114. The molecule has 1 fully saturated rings. The van der Waals surface area contributed by atoms with Crippen molar-refractivity contribution in [3.05, 3.63) is 24.3 Å². The van der Waals surface area contributed by atoms with Gasteiger partial charge in [0.15, 0.2) is 0 Å². The van der Waals surface area contributed by atoms with Crippen LogP contribution in [-0.4, -0.2) is 24.2 Å². The Kier molecular flexibility index (Phi) is 4.88. The highest BCUT2D eigenvalue weighted by atomic mass is 32.2. The third-order valence-electron chi connectivity index (χ3n) is 3.82. The highest BCUT2D eigenvalue weighted by Crippen LogP contribution is 2.39. The zero-order valence-electron chi connectivity index (χ0n) is 11.8. The van der Waals surface area contributed by atoms with E-state index in [-0.39, 0.29) is 5.91 Å². The van der Waals surface area contributed by atoms with Gasteiger partial charge in [-0.2, -0.15) is 0 Å². The molecule has 1 amide bonds. The van der Waals surface area contributed by atoms with Crippen LogP contribution in [0.3, 0.4) is 0 Å². The smallest absolute Gasteiger partial charge is 0.221 e. The third kappa shape index (κ3) is 3.74. The number of rotatable bonds is 4. The van der Waals surface area contributed by atoms with E-state index >= 15 is 0 Å². The predicted molar refractivity (Wildman–Crippen MR) is 81.6 cm³/mol. The molecule has 2 N–H and O–H groups in total. The van der Waals surface area contributed by atoms with Gasteiger partial charge in [-0.3, -0.25) is 4.79 Å². The molecule has 1 aromatic rings. The molecule has 1 aliphatic carbocycles. The summed E-state index contributed by atoms with van der Waals surface area (Å²) in [5.41, 5.74) is 0.865. The lowest BCUT2D eigenvalue weighted by Crippen LogP contribution is -2.29. The van der Waals surface area contributed by atoms with E-state index in [2.05, 4.69) is 36.7 Å². The molecule has 3 unspecified atom stereocenters. The Bertz CT molecular complexity index is 432. The molecule has 0 spiro atoms. The van der Waals surface area contributed by atoms with Gasteiger partial charge in [-0.25, -0.2) is 0 Å². The van der Waals surface area contributed by atoms with Crippen LogP contribution in [0.1, 0.15) is 26.7 Å². The maximum Gasteiger partial charge on any atom is 0.221 e. The van der Waals surface area contributed by atoms with Gasteiger partial charge in [0.25, 0.3) is 0 Å². The van der Waals surface area contributed by atoms with E-state index in [0.29, 0.717) is 17.2 Å². The van der Waals surface area contributed by atoms with Crippen molar-refractivity contribution in [3.8, 4) is 0 Å². The lowest BCUT2D eigenvalue weighted by atomic mass is 10.1. The number of amides is 1. The number of benzene rings is 1. The molecular weight excluding hydrogens is 256 g/mol. The first-order chi connectivity index (χ1) is 9.10. The molecule has 0 aliphatic heterocycles. The second-order valence-corrected chi connectivity index (χ2v) is 6.51. The molecule has 0 saturated heterocycles. The van der Waals surface area contributed by atoms with Crippen molar-refractivity contribution in [2.24, 2.45) is 5.92 Å². The van der Waals surface area contributed by atoms with Crippen LogP contribution in [0.25, 0.3) is 0 Å². The summed E-state index contributed by atoms with van der Waals surface area (Å²) in [4.78, 5) is 12.2. The zero-order valence-corrected chi connectivity index (χ0v) is 12.6. The monoisotopic (exact) mass is 278 g/mol. The van der Waals surface area contributed by atoms with Crippen LogP contribution in [0.5, 0.6) is 0 Å². The summed E-state index contributed by atoms with van der Waals surface area (Å²) in [5.74, 6) is 0.673. The van der Waals surface area contributed by atoms with E-state index in [1.54, 1.807) is 0 Å². The highest BCUT2D eigenvalue weighted by molar-refractivity contribution is 8.00. The molecule has 0 bridgehead atoms. The second kappa shape index (κ2) is 6.44. The largest absolute Gasteiger partial charge is 0.326 e. The molecule has 0 radical (unpaired) electrons. The molecule has 0 heterocycles. The molecule has 2 rings (SSSR count). The topological polar surface area (TPSA) is 41.1 Å². The first-order valence-electron chi connectivity index (χ1n) is 6.81. The van der Waals surface area contributed by atoms with Gasteiger partial charge >= 0.3 is 0 Å². The van der Waals surface area contributed by atoms with Crippen molar-refractivity contribution >= 4 is 23.4 Å². The Balaban J connectivity index is 1.94. The quantitative estimate of drug-likeness (QED) is 0.889. The fourth-order valence-corrected chi connectivity index (χ4v) is 4.00. The minimum Gasteiger partial charge on any atom is -0.326 e. The predicted octanol–water partition coefficient (Wildman–Crippen LogP) is 3.12. The van der Waals surface area contributed by atoms with Gasteiger partial charge in [0, 0.05) is 28.8 Å². The Morgan fingerprint density at radius 2 is 1.95 bits per heavy atom. The van der Waals surface area contributed by atoms with Crippen molar-refractivity contribution in [3.63, 3.8) is 0 Å². The normalized spacial score (nSPS) is 26.4. The number of hydrogen-bond donors (Lipinski definition) is 2. The maximum atomic E-state index is 11.0.